The number of nitrogens with one attached hydrogen (secondary N) is 1. The number of aryl methyl sites for hydroxylation is 4. The van der Waals surface area contributed by atoms with Crippen molar-refractivity contribution >= 4 is 11.6 Å². The molecule has 2 aromatic carbocycles. The summed E-state index contributed by atoms with van der Waals surface area (Å²) in [6.07, 6.45) is 3.52. The van der Waals surface area contributed by atoms with Gasteiger partial charge < -0.3 is 21.9 Å². The molecule has 0 atom stereocenters. The van der Waals surface area contributed by atoms with Crippen molar-refractivity contribution in [3.05, 3.63) is 82.2 Å². The third kappa shape index (κ3) is 5.48. The summed E-state index contributed by atoms with van der Waals surface area (Å²) in [5.41, 5.74) is 20.7. The van der Waals surface area contributed by atoms with E-state index in [1.165, 1.54) is 5.56 Å². The molecule has 0 radical (unpaired) electrons. The molecule has 1 aromatic heterocycles. The van der Waals surface area contributed by atoms with Gasteiger partial charge >= 0.3 is 0 Å². The minimum absolute atomic E-state index is 0.0734. The number of aliphatic hydroxyl groups excluding tert-OH is 1. The second-order valence-corrected chi connectivity index (χ2v) is 7.75. The molecule has 6 heteroatoms. The third-order valence-corrected chi connectivity index (χ3v) is 5.40. The highest BCUT2D eigenvalue weighted by molar-refractivity contribution is 5.94. The zero-order chi connectivity index (χ0) is 22.4. The predicted octanol–water partition coefficient (Wildman–Crippen LogP) is 2.91. The van der Waals surface area contributed by atoms with Crippen LogP contribution < -0.4 is 16.8 Å². The number of anilines is 1. The van der Waals surface area contributed by atoms with Crippen molar-refractivity contribution < 1.29 is 9.90 Å². The quantitative estimate of drug-likeness (QED) is 0.420. The average molecular weight is 419 g/mol. The van der Waals surface area contributed by atoms with E-state index in [9.17, 15) is 4.79 Å². The molecule has 6 N–H and O–H groups in total. The Labute approximate surface area is 183 Å². The Morgan fingerprint density at radius 3 is 2.55 bits per heavy atom. The van der Waals surface area contributed by atoms with Gasteiger partial charge in [0, 0.05) is 41.7 Å². The first-order chi connectivity index (χ1) is 14.9. The zero-order valence-corrected chi connectivity index (χ0v) is 18.1. The van der Waals surface area contributed by atoms with E-state index in [2.05, 4.69) is 16.4 Å². The fourth-order valence-electron chi connectivity index (χ4n) is 3.66. The van der Waals surface area contributed by atoms with E-state index in [1.54, 1.807) is 0 Å². The molecule has 1 heterocycles. The van der Waals surface area contributed by atoms with Gasteiger partial charge in [0.1, 0.15) is 0 Å². The number of hydrogen-bond acceptors (Lipinski definition) is 5. The Morgan fingerprint density at radius 2 is 1.87 bits per heavy atom. The molecule has 31 heavy (non-hydrogen) atoms. The number of nitrogens with two attached hydrogens (primary N) is 2. The van der Waals surface area contributed by atoms with Crippen LogP contribution in [0.4, 0.5) is 5.69 Å². The van der Waals surface area contributed by atoms with Crippen LogP contribution in [-0.4, -0.2) is 29.1 Å². The van der Waals surface area contributed by atoms with Gasteiger partial charge in [-0.15, -0.1) is 0 Å². The fraction of sp³-hybridized carbons (Fsp3) is 0.280. The molecule has 1 amide bonds. The van der Waals surface area contributed by atoms with Crippen molar-refractivity contribution in [3.63, 3.8) is 0 Å². The topological polar surface area (TPSA) is 114 Å². The highest BCUT2D eigenvalue weighted by Crippen LogP contribution is 2.30. The van der Waals surface area contributed by atoms with E-state index in [0.717, 1.165) is 52.0 Å². The molecule has 0 fully saturated rings. The van der Waals surface area contributed by atoms with Gasteiger partial charge in [0.05, 0.1) is 12.3 Å². The van der Waals surface area contributed by atoms with Crippen molar-refractivity contribution in [2.45, 2.75) is 33.2 Å². The fourth-order valence-corrected chi connectivity index (χ4v) is 3.66. The molecule has 0 aliphatic rings. The maximum atomic E-state index is 12.1. The molecule has 0 unspecified atom stereocenters. The number of benzene rings is 2. The lowest BCUT2D eigenvalue weighted by Crippen LogP contribution is -2.26. The Hall–Kier alpha value is -3.22. The summed E-state index contributed by atoms with van der Waals surface area (Å²) in [7, 11) is 0. The lowest BCUT2D eigenvalue weighted by Gasteiger charge is -2.13. The van der Waals surface area contributed by atoms with Crippen LogP contribution in [0.5, 0.6) is 0 Å². The Balaban J connectivity index is 1.78. The van der Waals surface area contributed by atoms with Gasteiger partial charge in [-0.1, -0.05) is 18.2 Å². The van der Waals surface area contributed by atoms with Gasteiger partial charge in [-0.25, -0.2) is 0 Å². The van der Waals surface area contributed by atoms with Crippen LogP contribution in [0.2, 0.25) is 0 Å². The van der Waals surface area contributed by atoms with Crippen LogP contribution in [0.1, 0.15) is 38.3 Å². The van der Waals surface area contributed by atoms with Gasteiger partial charge in [-0.3, -0.25) is 9.78 Å². The molecule has 0 saturated carbocycles. The molecule has 6 nitrogen and oxygen atoms in total. The van der Waals surface area contributed by atoms with Crippen molar-refractivity contribution in [1.29, 1.82) is 0 Å². The maximum absolute atomic E-state index is 12.1. The van der Waals surface area contributed by atoms with E-state index in [1.807, 2.05) is 56.4 Å². The molecule has 0 aliphatic carbocycles. The number of nitrogen functional groups attached to an aromatic ring is 1. The maximum Gasteiger partial charge on any atom is 0.251 e. The van der Waals surface area contributed by atoms with Gasteiger partial charge in [0.25, 0.3) is 5.91 Å². The van der Waals surface area contributed by atoms with Crippen LogP contribution in [0, 0.1) is 13.8 Å². The number of rotatable bonds is 8. The van der Waals surface area contributed by atoms with Gasteiger partial charge in [-0.2, -0.15) is 0 Å². The summed E-state index contributed by atoms with van der Waals surface area (Å²) in [4.78, 5) is 16.7. The van der Waals surface area contributed by atoms with E-state index >= 15 is 0 Å². The van der Waals surface area contributed by atoms with Gasteiger partial charge in [0.15, 0.2) is 0 Å². The molecular formula is C25H30N4O2. The van der Waals surface area contributed by atoms with Crippen molar-refractivity contribution in [2.75, 3.05) is 18.9 Å². The first-order valence-corrected chi connectivity index (χ1v) is 10.5. The summed E-state index contributed by atoms with van der Waals surface area (Å²) >= 11 is 0. The highest BCUT2D eigenvalue weighted by Gasteiger charge is 2.12. The van der Waals surface area contributed by atoms with E-state index in [-0.39, 0.29) is 19.1 Å². The van der Waals surface area contributed by atoms with Gasteiger partial charge in [-0.05, 0) is 73.2 Å². The number of aromatic nitrogens is 1. The smallest absolute Gasteiger partial charge is 0.251 e. The Morgan fingerprint density at radius 1 is 1.06 bits per heavy atom. The molecule has 0 bridgehead atoms. The molecule has 0 saturated heterocycles. The number of hydrogen-bond donors (Lipinski definition) is 4. The minimum atomic E-state index is -0.175. The first-order valence-electron chi connectivity index (χ1n) is 10.5. The summed E-state index contributed by atoms with van der Waals surface area (Å²) in [6, 6.07) is 13.9. The van der Waals surface area contributed by atoms with E-state index in [0.29, 0.717) is 12.1 Å². The Kier molecular flexibility index (Phi) is 7.39. The van der Waals surface area contributed by atoms with E-state index < -0.39 is 0 Å². The summed E-state index contributed by atoms with van der Waals surface area (Å²) in [5, 5.41) is 11.5. The van der Waals surface area contributed by atoms with Crippen LogP contribution in [0.15, 0.2) is 48.7 Å². The van der Waals surface area contributed by atoms with Gasteiger partial charge in [0.2, 0.25) is 0 Å². The molecule has 162 valence electrons. The Bertz CT molecular complexity index is 1080. The molecule has 3 rings (SSSR count). The van der Waals surface area contributed by atoms with Crippen LogP contribution >= 0.6 is 0 Å². The predicted molar refractivity (Wildman–Crippen MR) is 125 cm³/mol. The summed E-state index contributed by atoms with van der Waals surface area (Å²) < 4.78 is 0. The van der Waals surface area contributed by atoms with Crippen molar-refractivity contribution in [2.24, 2.45) is 5.73 Å². The van der Waals surface area contributed by atoms with Crippen LogP contribution in [-0.2, 0) is 19.4 Å². The molecular weight excluding hydrogens is 388 g/mol. The number of aliphatic hydroxyl groups is 1. The number of pyridine rings is 1. The number of carbonyl (C=O) groups is 1. The molecule has 0 aliphatic heterocycles. The highest BCUT2D eigenvalue weighted by atomic mass is 16.3. The summed E-state index contributed by atoms with van der Waals surface area (Å²) in [5.74, 6) is -0.175. The number of carbonyl (C=O) groups excluding carboxylic acids is 1. The molecule has 3 aromatic rings. The average Bonchev–Trinajstić information content (AvgIpc) is 2.76. The second kappa shape index (κ2) is 10.2. The van der Waals surface area contributed by atoms with Crippen molar-refractivity contribution in [1.82, 2.24) is 10.3 Å². The first kappa shape index (κ1) is 22.5. The SMILES string of the molecule is Cc1ccc(-c2cc(CCc3ccc(C(=O)NCCO)cc3C)cnc2CN)c(N)c1. The van der Waals surface area contributed by atoms with Crippen LogP contribution in [0.3, 0.4) is 0 Å². The zero-order valence-electron chi connectivity index (χ0n) is 18.1. The largest absolute Gasteiger partial charge is 0.398 e. The summed E-state index contributed by atoms with van der Waals surface area (Å²) in [6.45, 7) is 4.55. The van der Waals surface area contributed by atoms with Crippen LogP contribution in [0.25, 0.3) is 11.1 Å². The lowest BCUT2D eigenvalue weighted by molar-refractivity contribution is 0.0944. The minimum Gasteiger partial charge on any atom is -0.398 e. The number of nitrogens with zero attached hydrogens (tertiary/aromatic N) is 1. The standard InChI is InChI=1S/C25H30N4O2/c1-16-3-8-21(23(27)11-16)22-13-18(15-29-24(22)14-26)4-5-19-6-7-20(12-17(19)2)25(31)28-9-10-30/h3,6-8,11-13,15,30H,4-5,9-10,14,26-27H2,1-2H3,(H,28,31). The third-order valence-electron chi connectivity index (χ3n) is 5.40. The monoisotopic (exact) mass is 418 g/mol. The second-order valence-electron chi connectivity index (χ2n) is 7.75. The number of amides is 1. The van der Waals surface area contributed by atoms with Crippen molar-refractivity contribution in [3.8, 4) is 11.1 Å². The molecule has 0 spiro atoms. The lowest BCUT2D eigenvalue weighted by atomic mass is 9.95. The van der Waals surface area contributed by atoms with E-state index in [4.69, 9.17) is 16.6 Å². The normalized spacial score (nSPS) is 10.8.